The third kappa shape index (κ3) is 6.02. The van der Waals surface area contributed by atoms with Crippen molar-refractivity contribution in [3.05, 3.63) is 18.0 Å². The normalized spacial score (nSPS) is 12.0. The van der Waals surface area contributed by atoms with Crippen LogP contribution in [-0.2, 0) is 13.5 Å². The smallest absolute Gasteiger partial charge is 0.316 e. The van der Waals surface area contributed by atoms with Crippen molar-refractivity contribution in [1.82, 2.24) is 15.1 Å². The summed E-state index contributed by atoms with van der Waals surface area (Å²) in [6.45, 7) is 1.01. The number of thioether (sulfide) groups is 1. The van der Waals surface area contributed by atoms with Gasteiger partial charge in [0.15, 0.2) is 0 Å². The van der Waals surface area contributed by atoms with E-state index in [1.807, 2.05) is 19.3 Å². The first-order valence-corrected chi connectivity index (χ1v) is 5.86. The van der Waals surface area contributed by atoms with Gasteiger partial charge in [0.25, 0.3) is 0 Å². The molecule has 92 valence electrons. The minimum absolute atomic E-state index is 0.00169. The molecule has 1 N–H and O–H groups in total. The van der Waals surface area contributed by atoms with Gasteiger partial charge >= 0.3 is 5.51 Å². The molecule has 1 rings (SSSR count). The summed E-state index contributed by atoms with van der Waals surface area (Å²) >= 11 is 0.00169. The molecule has 0 aliphatic heterocycles. The van der Waals surface area contributed by atoms with Gasteiger partial charge in [-0.05, 0) is 17.8 Å². The van der Waals surface area contributed by atoms with Gasteiger partial charge in [-0.1, -0.05) is 0 Å². The maximum Gasteiger partial charge on any atom is 0.441 e. The van der Waals surface area contributed by atoms with E-state index in [9.17, 15) is 13.2 Å². The monoisotopic (exact) mass is 253 g/mol. The van der Waals surface area contributed by atoms with Crippen molar-refractivity contribution in [1.29, 1.82) is 0 Å². The lowest BCUT2D eigenvalue weighted by atomic mass is 10.3. The lowest BCUT2D eigenvalue weighted by Gasteiger charge is -2.06. The Balaban J connectivity index is 2.00. The molecule has 0 spiro atoms. The maximum atomic E-state index is 11.8. The van der Waals surface area contributed by atoms with E-state index >= 15 is 0 Å². The van der Waals surface area contributed by atoms with E-state index in [1.54, 1.807) is 4.68 Å². The number of aryl methyl sites for hydroxylation is 1. The first-order chi connectivity index (χ1) is 7.47. The van der Waals surface area contributed by atoms with Crippen LogP contribution in [0, 0.1) is 0 Å². The molecular formula is C9H14F3N3S. The second kappa shape index (κ2) is 6.15. The fourth-order valence-corrected chi connectivity index (χ4v) is 1.65. The average molecular weight is 253 g/mol. The summed E-state index contributed by atoms with van der Waals surface area (Å²) in [6, 6.07) is 1.89. The van der Waals surface area contributed by atoms with Crippen LogP contribution in [0.2, 0.25) is 0 Å². The minimum Gasteiger partial charge on any atom is -0.316 e. The van der Waals surface area contributed by atoms with Gasteiger partial charge in [-0.2, -0.15) is 18.3 Å². The molecule has 1 heterocycles. The zero-order valence-electron chi connectivity index (χ0n) is 8.92. The van der Waals surface area contributed by atoms with E-state index in [0.717, 1.165) is 12.1 Å². The van der Waals surface area contributed by atoms with Crippen molar-refractivity contribution in [2.45, 2.75) is 11.9 Å². The zero-order chi connectivity index (χ0) is 12.0. The minimum atomic E-state index is -4.12. The number of hydrogen-bond donors (Lipinski definition) is 1. The van der Waals surface area contributed by atoms with E-state index in [0.29, 0.717) is 13.1 Å². The van der Waals surface area contributed by atoms with Crippen molar-refractivity contribution < 1.29 is 13.2 Å². The third-order valence-corrected chi connectivity index (χ3v) is 2.61. The molecule has 0 atom stereocenters. The SMILES string of the molecule is Cn1ccc(CCNCCSC(F)(F)F)n1. The van der Waals surface area contributed by atoms with Crippen LogP contribution in [0.3, 0.4) is 0 Å². The number of hydrogen-bond acceptors (Lipinski definition) is 3. The number of halogens is 3. The van der Waals surface area contributed by atoms with Gasteiger partial charge in [0.2, 0.25) is 0 Å². The van der Waals surface area contributed by atoms with E-state index in [2.05, 4.69) is 10.4 Å². The first kappa shape index (κ1) is 13.4. The fraction of sp³-hybridized carbons (Fsp3) is 0.667. The molecule has 16 heavy (non-hydrogen) atoms. The molecule has 0 aliphatic rings. The molecule has 0 radical (unpaired) electrons. The van der Waals surface area contributed by atoms with Crippen molar-refractivity contribution in [3.63, 3.8) is 0 Å². The topological polar surface area (TPSA) is 29.9 Å². The largest absolute Gasteiger partial charge is 0.441 e. The molecule has 0 unspecified atom stereocenters. The van der Waals surface area contributed by atoms with Crippen LogP contribution < -0.4 is 5.32 Å². The maximum absolute atomic E-state index is 11.8. The molecule has 0 aromatic carbocycles. The van der Waals surface area contributed by atoms with Gasteiger partial charge in [-0.25, -0.2) is 0 Å². The quantitative estimate of drug-likeness (QED) is 0.784. The number of nitrogens with zero attached hydrogens (tertiary/aromatic N) is 2. The van der Waals surface area contributed by atoms with Crippen LogP contribution in [0.1, 0.15) is 5.69 Å². The summed E-state index contributed by atoms with van der Waals surface area (Å²) in [5.41, 5.74) is -3.18. The summed E-state index contributed by atoms with van der Waals surface area (Å²) < 4.78 is 37.0. The van der Waals surface area contributed by atoms with Gasteiger partial charge in [-0.15, -0.1) is 0 Å². The summed E-state index contributed by atoms with van der Waals surface area (Å²) in [7, 11) is 1.83. The Labute approximate surface area is 96.4 Å². The van der Waals surface area contributed by atoms with Crippen molar-refractivity contribution in [3.8, 4) is 0 Å². The second-order valence-electron chi connectivity index (χ2n) is 3.27. The number of aromatic nitrogens is 2. The summed E-state index contributed by atoms with van der Waals surface area (Å²) in [5.74, 6) is 0.0473. The Morgan fingerprint density at radius 3 is 2.75 bits per heavy atom. The Bertz CT molecular complexity index is 311. The van der Waals surface area contributed by atoms with Crippen LogP contribution in [0.5, 0.6) is 0 Å². The Morgan fingerprint density at radius 1 is 1.44 bits per heavy atom. The van der Waals surface area contributed by atoms with Gasteiger partial charge in [0, 0.05) is 38.5 Å². The highest BCUT2D eigenvalue weighted by Gasteiger charge is 2.27. The van der Waals surface area contributed by atoms with E-state index < -0.39 is 5.51 Å². The predicted octanol–water partition coefficient (Wildman–Crippen LogP) is 1.81. The van der Waals surface area contributed by atoms with Crippen LogP contribution in [0.4, 0.5) is 13.2 Å². The number of alkyl halides is 3. The highest BCUT2D eigenvalue weighted by Crippen LogP contribution is 2.29. The molecule has 0 bridgehead atoms. The average Bonchev–Trinajstić information content (AvgIpc) is 2.56. The number of rotatable bonds is 6. The third-order valence-electron chi connectivity index (χ3n) is 1.87. The molecule has 0 saturated carbocycles. The molecule has 1 aromatic heterocycles. The van der Waals surface area contributed by atoms with E-state index in [4.69, 9.17) is 0 Å². The lowest BCUT2D eigenvalue weighted by Crippen LogP contribution is -2.21. The molecule has 7 heteroatoms. The van der Waals surface area contributed by atoms with Crippen molar-refractivity contribution in [2.24, 2.45) is 7.05 Å². The highest BCUT2D eigenvalue weighted by atomic mass is 32.2. The standard InChI is InChI=1S/C9H14F3N3S/c1-15-6-3-8(14-15)2-4-13-5-7-16-9(10,11)12/h3,6,13H,2,4-5,7H2,1H3. The van der Waals surface area contributed by atoms with Gasteiger partial charge in [-0.3, -0.25) is 4.68 Å². The second-order valence-corrected chi connectivity index (χ2v) is 4.43. The molecular weight excluding hydrogens is 239 g/mol. The number of nitrogens with one attached hydrogen (secondary N) is 1. The molecule has 1 aromatic rings. The van der Waals surface area contributed by atoms with Gasteiger partial charge < -0.3 is 5.32 Å². The zero-order valence-corrected chi connectivity index (χ0v) is 9.74. The molecule has 0 amide bonds. The van der Waals surface area contributed by atoms with Crippen molar-refractivity contribution in [2.75, 3.05) is 18.8 Å². The van der Waals surface area contributed by atoms with Crippen LogP contribution in [0.25, 0.3) is 0 Å². The van der Waals surface area contributed by atoms with Gasteiger partial charge in [0.05, 0.1) is 5.69 Å². The van der Waals surface area contributed by atoms with E-state index in [-0.39, 0.29) is 17.5 Å². The predicted molar refractivity (Wildman–Crippen MR) is 58.3 cm³/mol. The lowest BCUT2D eigenvalue weighted by molar-refractivity contribution is -0.0327. The summed E-state index contributed by atoms with van der Waals surface area (Å²) in [5, 5.41) is 7.10. The Hall–Kier alpha value is -0.690. The summed E-state index contributed by atoms with van der Waals surface area (Å²) in [6.07, 6.45) is 2.58. The van der Waals surface area contributed by atoms with Crippen LogP contribution in [-0.4, -0.2) is 34.1 Å². The fourth-order valence-electron chi connectivity index (χ4n) is 1.18. The Kier molecular flexibility index (Phi) is 5.14. The van der Waals surface area contributed by atoms with Crippen molar-refractivity contribution >= 4 is 11.8 Å². The first-order valence-electron chi connectivity index (χ1n) is 4.87. The highest BCUT2D eigenvalue weighted by molar-refractivity contribution is 8.00. The van der Waals surface area contributed by atoms with E-state index in [1.165, 1.54) is 0 Å². The summed E-state index contributed by atoms with van der Waals surface area (Å²) in [4.78, 5) is 0. The molecule has 0 aliphatic carbocycles. The molecule has 3 nitrogen and oxygen atoms in total. The van der Waals surface area contributed by atoms with Crippen LogP contribution in [0.15, 0.2) is 12.3 Å². The molecule has 0 saturated heterocycles. The van der Waals surface area contributed by atoms with Crippen LogP contribution >= 0.6 is 11.8 Å². The molecule has 0 fully saturated rings. The van der Waals surface area contributed by atoms with Gasteiger partial charge in [0.1, 0.15) is 0 Å². The Morgan fingerprint density at radius 2 is 2.19 bits per heavy atom.